The Kier molecular flexibility index (Phi) is 4.98. The van der Waals surface area contributed by atoms with Crippen molar-refractivity contribution in [3.63, 3.8) is 0 Å². The zero-order valence-corrected chi connectivity index (χ0v) is 14.8. The molecule has 0 spiro atoms. The van der Waals surface area contributed by atoms with Crippen LogP contribution in [0.3, 0.4) is 0 Å². The summed E-state index contributed by atoms with van der Waals surface area (Å²) in [7, 11) is 0. The Bertz CT molecular complexity index is 857. The molecule has 0 radical (unpaired) electrons. The van der Waals surface area contributed by atoms with Crippen molar-refractivity contribution in [3.05, 3.63) is 40.7 Å². The van der Waals surface area contributed by atoms with Crippen molar-refractivity contribution in [1.29, 1.82) is 0 Å². The van der Waals surface area contributed by atoms with Gasteiger partial charge >= 0.3 is 0 Å². The van der Waals surface area contributed by atoms with Gasteiger partial charge in [0.1, 0.15) is 17.4 Å². The Balaban J connectivity index is 1.60. The maximum absolute atomic E-state index is 12.2. The van der Waals surface area contributed by atoms with Crippen molar-refractivity contribution in [2.24, 2.45) is 0 Å². The second kappa shape index (κ2) is 7.34. The van der Waals surface area contributed by atoms with E-state index < -0.39 is 0 Å². The van der Waals surface area contributed by atoms with Crippen molar-refractivity contribution in [2.75, 3.05) is 5.32 Å². The Morgan fingerprint density at radius 2 is 2.00 bits per heavy atom. The van der Waals surface area contributed by atoms with Gasteiger partial charge in [0.15, 0.2) is 5.82 Å². The minimum Gasteiger partial charge on any atom is -0.486 e. The summed E-state index contributed by atoms with van der Waals surface area (Å²) >= 11 is 1.32. The van der Waals surface area contributed by atoms with Crippen LogP contribution < -0.4 is 10.1 Å². The number of rotatable bonds is 6. The Hall–Kier alpha value is -2.88. The number of anilines is 1. The summed E-state index contributed by atoms with van der Waals surface area (Å²) in [5, 5.41) is 23.2. The molecule has 130 valence electrons. The Labute approximate surface area is 148 Å². The first-order valence-corrected chi connectivity index (χ1v) is 8.45. The van der Waals surface area contributed by atoms with E-state index in [0.29, 0.717) is 22.3 Å². The van der Waals surface area contributed by atoms with Gasteiger partial charge in [0, 0.05) is 5.56 Å². The van der Waals surface area contributed by atoms with Crippen LogP contribution in [0.25, 0.3) is 0 Å². The van der Waals surface area contributed by atoms with E-state index in [9.17, 15) is 4.79 Å². The molecule has 0 aliphatic rings. The van der Waals surface area contributed by atoms with Crippen LogP contribution in [-0.4, -0.2) is 36.3 Å². The number of carbonyl (C=O) groups excluding carboxylic acids is 1. The third-order valence-corrected chi connectivity index (χ3v) is 4.04. The van der Waals surface area contributed by atoms with Crippen LogP contribution in [0, 0.1) is 6.92 Å². The molecule has 0 saturated heterocycles. The first-order valence-electron chi connectivity index (χ1n) is 7.64. The van der Waals surface area contributed by atoms with Gasteiger partial charge in [-0.15, -0.1) is 15.3 Å². The molecule has 0 unspecified atom stereocenters. The molecular weight excluding hydrogens is 342 g/mol. The van der Waals surface area contributed by atoms with E-state index in [2.05, 4.69) is 31.0 Å². The molecule has 1 N–H and O–H groups in total. The summed E-state index contributed by atoms with van der Waals surface area (Å²) in [6.45, 7) is 6.06. The number of aryl methyl sites for hydroxylation is 1. The van der Waals surface area contributed by atoms with Crippen molar-refractivity contribution >= 4 is 22.4 Å². The normalized spacial score (nSPS) is 10.9. The second-order valence-electron chi connectivity index (χ2n) is 5.53. The number of aromatic nitrogens is 6. The van der Waals surface area contributed by atoms with Crippen LogP contribution in [0.4, 0.5) is 5.13 Å². The standard InChI is InChI=1S/C15H17N7O2S/c1-9(2)22-13(18-20-21-22)8-24-12-6-4-11(5-7-12)14(23)16-15-19-17-10(3)25-15/h4-7,9H,8H2,1-3H3,(H,16,19,23). The molecule has 2 aromatic heterocycles. The predicted octanol–water partition coefficient (Wildman–Crippen LogP) is 2.25. The summed E-state index contributed by atoms with van der Waals surface area (Å²) in [6, 6.07) is 6.98. The van der Waals surface area contributed by atoms with Gasteiger partial charge in [-0.3, -0.25) is 10.1 Å². The minimum absolute atomic E-state index is 0.156. The molecule has 0 aliphatic heterocycles. The first kappa shape index (κ1) is 17.0. The van der Waals surface area contributed by atoms with Crippen molar-refractivity contribution in [3.8, 4) is 5.75 Å². The van der Waals surface area contributed by atoms with E-state index in [1.807, 2.05) is 20.8 Å². The molecule has 1 aromatic carbocycles. The van der Waals surface area contributed by atoms with Gasteiger partial charge in [-0.2, -0.15) is 0 Å². The molecule has 3 rings (SSSR count). The third-order valence-electron chi connectivity index (χ3n) is 3.28. The Morgan fingerprint density at radius 3 is 2.64 bits per heavy atom. The van der Waals surface area contributed by atoms with Crippen LogP contribution in [0.15, 0.2) is 24.3 Å². The van der Waals surface area contributed by atoms with Gasteiger partial charge in [-0.1, -0.05) is 11.3 Å². The van der Waals surface area contributed by atoms with Crippen LogP contribution in [0.5, 0.6) is 5.75 Å². The topological polar surface area (TPSA) is 108 Å². The molecule has 1 amide bonds. The highest BCUT2D eigenvalue weighted by Gasteiger charge is 2.11. The first-order chi connectivity index (χ1) is 12.0. The summed E-state index contributed by atoms with van der Waals surface area (Å²) in [5.74, 6) is 1.02. The van der Waals surface area contributed by atoms with E-state index in [4.69, 9.17) is 4.74 Å². The fraction of sp³-hybridized carbons (Fsp3) is 0.333. The molecule has 0 fully saturated rings. The molecule has 2 heterocycles. The van der Waals surface area contributed by atoms with Gasteiger partial charge < -0.3 is 4.74 Å². The smallest absolute Gasteiger partial charge is 0.257 e. The highest BCUT2D eigenvalue weighted by Crippen LogP contribution is 2.17. The highest BCUT2D eigenvalue weighted by atomic mass is 32.1. The summed E-state index contributed by atoms with van der Waals surface area (Å²) in [6.07, 6.45) is 0. The average Bonchev–Trinajstić information content (AvgIpc) is 3.22. The van der Waals surface area contributed by atoms with E-state index in [1.54, 1.807) is 28.9 Å². The lowest BCUT2D eigenvalue weighted by Crippen LogP contribution is -2.12. The maximum Gasteiger partial charge on any atom is 0.257 e. The van der Waals surface area contributed by atoms with E-state index in [0.717, 1.165) is 5.01 Å². The van der Waals surface area contributed by atoms with Crippen LogP contribution >= 0.6 is 11.3 Å². The van der Waals surface area contributed by atoms with Crippen molar-refractivity contribution in [2.45, 2.75) is 33.4 Å². The third kappa shape index (κ3) is 4.15. The number of hydrogen-bond acceptors (Lipinski definition) is 8. The SMILES string of the molecule is Cc1nnc(NC(=O)c2ccc(OCc3nnnn3C(C)C)cc2)s1. The van der Waals surface area contributed by atoms with Crippen LogP contribution in [-0.2, 0) is 6.61 Å². The minimum atomic E-state index is -0.244. The van der Waals surface area contributed by atoms with Crippen molar-refractivity contribution in [1.82, 2.24) is 30.4 Å². The fourth-order valence-corrected chi connectivity index (χ4v) is 2.66. The van der Waals surface area contributed by atoms with Gasteiger partial charge in [0.05, 0.1) is 6.04 Å². The summed E-state index contributed by atoms with van der Waals surface area (Å²) < 4.78 is 7.38. The molecule has 0 aliphatic carbocycles. The molecule has 0 bridgehead atoms. The highest BCUT2D eigenvalue weighted by molar-refractivity contribution is 7.15. The number of benzene rings is 1. The van der Waals surface area contributed by atoms with E-state index in [-0.39, 0.29) is 18.6 Å². The molecular formula is C15H17N7O2S. The van der Waals surface area contributed by atoms with Crippen LogP contribution in [0.2, 0.25) is 0 Å². The van der Waals surface area contributed by atoms with Gasteiger partial charge in [0.2, 0.25) is 5.13 Å². The van der Waals surface area contributed by atoms with Gasteiger partial charge in [0.25, 0.3) is 5.91 Å². The van der Waals surface area contributed by atoms with E-state index >= 15 is 0 Å². The zero-order valence-electron chi connectivity index (χ0n) is 14.0. The number of tetrazole rings is 1. The van der Waals surface area contributed by atoms with Gasteiger partial charge in [-0.25, -0.2) is 4.68 Å². The monoisotopic (exact) mass is 359 g/mol. The Morgan fingerprint density at radius 1 is 1.24 bits per heavy atom. The zero-order chi connectivity index (χ0) is 17.8. The van der Waals surface area contributed by atoms with Crippen molar-refractivity contribution < 1.29 is 9.53 Å². The molecule has 9 nitrogen and oxygen atoms in total. The maximum atomic E-state index is 12.2. The quantitative estimate of drug-likeness (QED) is 0.719. The summed E-state index contributed by atoms with van der Waals surface area (Å²) in [5.41, 5.74) is 0.507. The molecule has 3 aromatic rings. The van der Waals surface area contributed by atoms with Gasteiger partial charge in [-0.05, 0) is 55.5 Å². The van der Waals surface area contributed by atoms with Crippen LogP contribution in [0.1, 0.15) is 41.1 Å². The number of carbonyl (C=O) groups is 1. The lowest BCUT2D eigenvalue weighted by molar-refractivity contribution is 0.102. The molecule has 25 heavy (non-hydrogen) atoms. The largest absolute Gasteiger partial charge is 0.486 e. The predicted molar refractivity (Wildman–Crippen MR) is 91.6 cm³/mol. The fourth-order valence-electron chi connectivity index (χ4n) is 2.08. The second-order valence-corrected chi connectivity index (χ2v) is 6.71. The van der Waals surface area contributed by atoms with E-state index in [1.165, 1.54) is 11.3 Å². The lowest BCUT2D eigenvalue weighted by atomic mass is 10.2. The average molecular weight is 359 g/mol. The number of amides is 1. The lowest BCUT2D eigenvalue weighted by Gasteiger charge is -2.09. The molecule has 10 heteroatoms. The summed E-state index contributed by atoms with van der Waals surface area (Å²) in [4.78, 5) is 12.2. The molecule has 0 saturated carbocycles. The number of hydrogen-bond donors (Lipinski definition) is 1. The molecule has 0 atom stereocenters. The number of nitrogens with zero attached hydrogens (tertiary/aromatic N) is 6. The number of ether oxygens (including phenoxy) is 1. The number of nitrogens with one attached hydrogen (secondary N) is 1.